The zero-order valence-electron chi connectivity index (χ0n) is 21.8. The molecule has 1 aromatic heterocycles. The lowest BCUT2D eigenvalue weighted by Gasteiger charge is -2.31. The third kappa shape index (κ3) is 5.48. The minimum absolute atomic E-state index is 0.101. The molecule has 1 saturated heterocycles. The predicted molar refractivity (Wildman–Crippen MR) is 138 cm³/mol. The first-order valence-electron chi connectivity index (χ1n) is 12.7. The number of hydrogen-bond donors (Lipinski definition) is 0. The Labute approximate surface area is 204 Å². The number of likely N-dealkylation sites (tertiary alicyclic amines) is 1. The van der Waals surface area contributed by atoms with E-state index in [-0.39, 0.29) is 12.0 Å². The number of carbonyl (C=O) groups excluding carboxylic acids is 2. The van der Waals surface area contributed by atoms with Crippen LogP contribution >= 0.6 is 0 Å². The molecule has 3 heterocycles. The summed E-state index contributed by atoms with van der Waals surface area (Å²) in [5.74, 6) is 0.782. The highest BCUT2D eigenvalue weighted by atomic mass is 16.6. The van der Waals surface area contributed by atoms with Gasteiger partial charge in [-0.15, -0.1) is 6.58 Å². The van der Waals surface area contributed by atoms with E-state index in [1.807, 2.05) is 57.7 Å². The molecule has 1 aromatic carbocycles. The lowest BCUT2D eigenvalue weighted by atomic mass is 9.98. The minimum atomic E-state index is -0.528. The average Bonchev–Trinajstić information content (AvgIpc) is 3.12. The van der Waals surface area contributed by atoms with Gasteiger partial charge in [-0.25, -0.2) is 4.79 Å². The second-order valence-corrected chi connectivity index (χ2v) is 10.2. The molecule has 2 aromatic rings. The van der Waals surface area contributed by atoms with Crippen LogP contribution in [-0.4, -0.2) is 51.6 Å². The number of aromatic nitrogens is 1. The quantitative estimate of drug-likeness (QED) is 0.519. The van der Waals surface area contributed by atoms with Crippen molar-refractivity contribution in [1.29, 1.82) is 0 Å². The molecule has 0 saturated carbocycles. The number of fused-ring (bicyclic) bond motifs is 3. The van der Waals surface area contributed by atoms with Crippen molar-refractivity contribution in [3.8, 4) is 0 Å². The topological polar surface area (TPSA) is 54.8 Å². The van der Waals surface area contributed by atoms with Crippen LogP contribution in [0.4, 0.5) is 4.79 Å². The molecule has 6 heteroatoms. The summed E-state index contributed by atoms with van der Waals surface area (Å²) >= 11 is 0. The van der Waals surface area contributed by atoms with Crippen molar-refractivity contribution in [2.75, 3.05) is 19.6 Å². The second-order valence-electron chi connectivity index (χ2n) is 10.2. The molecule has 0 atom stereocenters. The molecule has 2 aliphatic heterocycles. The van der Waals surface area contributed by atoms with Gasteiger partial charge in [0.25, 0.3) is 5.91 Å². The number of rotatable bonds is 3. The fourth-order valence-electron chi connectivity index (χ4n) is 4.80. The minimum Gasteiger partial charge on any atom is -0.444 e. The predicted octanol–water partition coefficient (Wildman–Crippen LogP) is 6.02. The number of benzene rings is 1. The van der Waals surface area contributed by atoms with Gasteiger partial charge in [0.1, 0.15) is 5.60 Å². The molecule has 0 aliphatic carbocycles. The largest absolute Gasteiger partial charge is 0.444 e. The van der Waals surface area contributed by atoms with Crippen LogP contribution in [0.3, 0.4) is 0 Å². The van der Waals surface area contributed by atoms with Gasteiger partial charge in [0, 0.05) is 60.3 Å². The normalized spacial score (nSPS) is 16.5. The van der Waals surface area contributed by atoms with Crippen molar-refractivity contribution in [3.63, 3.8) is 0 Å². The number of hydrogen-bond acceptors (Lipinski definition) is 3. The second kappa shape index (κ2) is 10.7. The van der Waals surface area contributed by atoms with Gasteiger partial charge in [-0.2, -0.15) is 0 Å². The monoisotopic (exact) mass is 467 g/mol. The van der Waals surface area contributed by atoms with E-state index in [1.54, 1.807) is 4.90 Å². The summed E-state index contributed by atoms with van der Waals surface area (Å²) in [6.07, 6.45) is 4.48. The fourth-order valence-corrected chi connectivity index (χ4v) is 4.80. The fraction of sp³-hybridized carbons (Fsp3) is 0.571. The van der Waals surface area contributed by atoms with Crippen LogP contribution in [0.15, 0.2) is 30.9 Å². The number of piperidine rings is 1. The molecule has 0 bridgehead atoms. The van der Waals surface area contributed by atoms with E-state index < -0.39 is 5.60 Å². The van der Waals surface area contributed by atoms with Crippen LogP contribution in [-0.2, 0) is 24.2 Å². The maximum Gasteiger partial charge on any atom is 0.410 e. The summed E-state index contributed by atoms with van der Waals surface area (Å²) in [5, 5.41) is 1.05. The summed E-state index contributed by atoms with van der Waals surface area (Å²) in [6, 6.07) is 6.01. The van der Waals surface area contributed by atoms with Gasteiger partial charge in [-0.1, -0.05) is 26.8 Å². The number of ether oxygens (including phenoxy) is 1. The van der Waals surface area contributed by atoms with E-state index >= 15 is 0 Å². The Bertz CT molecular complexity index is 1040. The lowest BCUT2D eigenvalue weighted by molar-refractivity contribution is 0.0223. The van der Waals surface area contributed by atoms with Crippen molar-refractivity contribution < 1.29 is 14.3 Å². The Morgan fingerprint density at radius 3 is 2.41 bits per heavy atom. The number of amides is 2. The van der Waals surface area contributed by atoms with Crippen molar-refractivity contribution >= 4 is 22.9 Å². The summed E-state index contributed by atoms with van der Waals surface area (Å²) in [4.78, 5) is 29.7. The number of allylic oxidation sites excluding steroid dienone is 1. The molecule has 4 rings (SSSR count). The SMILES string of the molecule is C=CCn1c2c(c3cc(C(=O)N4CCC(C)CC4)ccc31)CN(C(=O)OC(C)(C)C)CC2.CC. The Morgan fingerprint density at radius 2 is 1.79 bits per heavy atom. The highest BCUT2D eigenvalue weighted by Gasteiger charge is 2.30. The van der Waals surface area contributed by atoms with Crippen LogP contribution < -0.4 is 0 Å². The van der Waals surface area contributed by atoms with E-state index in [0.29, 0.717) is 25.6 Å². The van der Waals surface area contributed by atoms with Crippen LogP contribution in [0, 0.1) is 5.92 Å². The summed E-state index contributed by atoms with van der Waals surface area (Å²) in [5.41, 5.74) is 3.61. The molecule has 0 unspecified atom stereocenters. The van der Waals surface area contributed by atoms with Crippen molar-refractivity contribution in [3.05, 3.63) is 47.7 Å². The summed E-state index contributed by atoms with van der Waals surface area (Å²) in [7, 11) is 0. The first-order valence-corrected chi connectivity index (χ1v) is 12.7. The van der Waals surface area contributed by atoms with Gasteiger partial charge < -0.3 is 19.1 Å². The molecule has 2 amide bonds. The molecular weight excluding hydrogens is 426 g/mol. The van der Waals surface area contributed by atoms with Crippen molar-refractivity contribution in [1.82, 2.24) is 14.4 Å². The lowest BCUT2D eigenvalue weighted by Crippen LogP contribution is -2.40. The van der Waals surface area contributed by atoms with Gasteiger partial charge in [-0.3, -0.25) is 4.79 Å². The molecule has 2 aliphatic rings. The van der Waals surface area contributed by atoms with Gasteiger partial charge in [0.2, 0.25) is 0 Å². The summed E-state index contributed by atoms with van der Waals surface area (Å²) < 4.78 is 7.88. The third-order valence-electron chi connectivity index (χ3n) is 6.54. The molecule has 1 fully saturated rings. The van der Waals surface area contributed by atoms with Crippen molar-refractivity contribution in [2.24, 2.45) is 5.92 Å². The Kier molecular flexibility index (Phi) is 8.11. The smallest absolute Gasteiger partial charge is 0.410 e. The van der Waals surface area contributed by atoms with Crippen LogP contribution in [0.5, 0.6) is 0 Å². The van der Waals surface area contributed by atoms with Crippen molar-refractivity contribution in [2.45, 2.75) is 79.5 Å². The Morgan fingerprint density at radius 1 is 1.12 bits per heavy atom. The number of carbonyl (C=O) groups is 2. The molecule has 0 N–H and O–H groups in total. The van der Waals surface area contributed by atoms with Crippen LogP contribution in [0.1, 0.15) is 76.0 Å². The first-order chi connectivity index (χ1) is 16.2. The van der Waals surface area contributed by atoms with E-state index in [4.69, 9.17) is 4.74 Å². The number of nitrogens with zero attached hydrogens (tertiary/aromatic N) is 3. The molecule has 6 nitrogen and oxygen atoms in total. The standard InChI is InChI=1S/C26H35N3O3.C2H6/c1-6-12-29-22-8-7-19(24(30)27-13-9-18(2)10-14-27)16-20(22)21-17-28(15-11-23(21)29)25(31)32-26(3,4)5;1-2/h6-8,16,18H,1,9-15,17H2,2-5H3;1-2H3. The zero-order chi connectivity index (χ0) is 25.0. The maximum atomic E-state index is 13.2. The zero-order valence-corrected chi connectivity index (χ0v) is 21.8. The molecule has 0 radical (unpaired) electrons. The van der Waals surface area contributed by atoms with Gasteiger partial charge in [-0.05, 0) is 57.7 Å². The van der Waals surface area contributed by atoms with Crippen LogP contribution in [0.2, 0.25) is 0 Å². The van der Waals surface area contributed by atoms with Crippen LogP contribution in [0.25, 0.3) is 10.9 Å². The highest BCUT2D eigenvalue weighted by molar-refractivity contribution is 5.99. The highest BCUT2D eigenvalue weighted by Crippen LogP contribution is 2.33. The molecular formula is C28H41N3O3. The first kappa shape index (κ1) is 25.9. The van der Waals surface area contributed by atoms with E-state index in [1.165, 1.54) is 5.69 Å². The van der Waals surface area contributed by atoms with Gasteiger partial charge in [0.05, 0.1) is 6.54 Å². The van der Waals surface area contributed by atoms with E-state index in [2.05, 4.69) is 24.1 Å². The molecule has 0 spiro atoms. The van der Waals surface area contributed by atoms with Gasteiger partial charge >= 0.3 is 6.09 Å². The maximum absolute atomic E-state index is 13.2. The third-order valence-corrected chi connectivity index (χ3v) is 6.54. The molecule has 34 heavy (non-hydrogen) atoms. The van der Waals surface area contributed by atoms with E-state index in [0.717, 1.165) is 54.4 Å². The average molecular weight is 468 g/mol. The Balaban J connectivity index is 0.00000158. The summed E-state index contributed by atoms with van der Waals surface area (Å²) in [6.45, 7) is 19.3. The van der Waals surface area contributed by atoms with Gasteiger partial charge in [0.15, 0.2) is 0 Å². The molecule has 186 valence electrons. The Hall–Kier alpha value is -2.76. The van der Waals surface area contributed by atoms with E-state index in [9.17, 15) is 9.59 Å².